The number of nitrogens with zero attached hydrogens (tertiary/aromatic N) is 1. The Morgan fingerprint density at radius 3 is 2.67 bits per heavy atom. The Balaban J connectivity index is 1.92. The number of likely N-dealkylation sites (tertiary alicyclic amines) is 1. The van der Waals surface area contributed by atoms with Gasteiger partial charge in [-0.15, -0.1) is 0 Å². The summed E-state index contributed by atoms with van der Waals surface area (Å²) < 4.78 is 5.37. The van der Waals surface area contributed by atoms with Crippen molar-refractivity contribution in [2.75, 3.05) is 26.2 Å². The van der Waals surface area contributed by atoms with Gasteiger partial charge >= 0.3 is 0 Å². The SMILES string of the molecule is CCOc1ccc(C(=O)CN2CCC(C)C2)cc1. The lowest BCUT2D eigenvalue weighted by atomic mass is 10.1. The fourth-order valence-electron chi connectivity index (χ4n) is 2.37. The topological polar surface area (TPSA) is 29.5 Å². The molecule has 98 valence electrons. The number of rotatable bonds is 5. The Morgan fingerprint density at radius 1 is 1.39 bits per heavy atom. The summed E-state index contributed by atoms with van der Waals surface area (Å²) in [4.78, 5) is 14.3. The summed E-state index contributed by atoms with van der Waals surface area (Å²) in [6, 6.07) is 7.44. The Kier molecular flexibility index (Phi) is 4.37. The summed E-state index contributed by atoms with van der Waals surface area (Å²) in [5, 5.41) is 0. The van der Waals surface area contributed by atoms with E-state index in [0.29, 0.717) is 13.2 Å². The minimum absolute atomic E-state index is 0.201. The highest BCUT2D eigenvalue weighted by Crippen LogP contribution is 2.17. The lowest BCUT2D eigenvalue weighted by Gasteiger charge is -2.14. The first kappa shape index (κ1) is 13.1. The number of hydrogen-bond acceptors (Lipinski definition) is 3. The van der Waals surface area contributed by atoms with Crippen molar-refractivity contribution < 1.29 is 9.53 Å². The number of carbonyl (C=O) groups excluding carboxylic acids is 1. The number of hydrogen-bond donors (Lipinski definition) is 0. The molecule has 3 heteroatoms. The number of ketones is 1. The normalized spacial score (nSPS) is 20.0. The molecule has 0 aliphatic carbocycles. The molecule has 0 spiro atoms. The van der Waals surface area contributed by atoms with Crippen LogP contribution >= 0.6 is 0 Å². The first-order chi connectivity index (χ1) is 8.69. The highest BCUT2D eigenvalue weighted by atomic mass is 16.5. The molecular formula is C15H21NO2. The molecule has 0 aromatic heterocycles. The van der Waals surface area contributed by atoms with Crippen molar-refractivity contribution in [1.82, 2.24) is 4.90 Å². The van der Waals surface area contributed by atoms with Gasteiger partial charge in [0, 0.05) is 12.1 Å². The summed E-state index contributed by atoms with van der Waals surface area (Å²) in [6.45, 7) is 7.47. The zero-order chi connectivity index (χ0) is 13.0. The van der Waals surface area contributed by atoms with E-state index in [9.17, 15) is 4.79 Å². The Hall–Kier alpha value is -1.35. The Labute approximate surface area is 109 Å². The van der Waals surface area contributed by atoms with Crippen molar-refractivity contribution in [2.45, 2.75) is 20.3 Å². The van der Waals surface area contributed by atoms with Crippen molar-refractivity contribution in [2.24, 2.45) is 5.92 Å². The highest BCUT2D eigenvalue weighted by molar-refractivity contribution is 5.97. The quantitative estimate of drug-likeness (QED) is 0.749. The lowest BCUT2D eigenvalue weighted by molar-refractivity contribution is 0.0943. The van der Waals surface area contributed by atoms with E-state index in [2.05, 4.69) is 11.8 Å². The van der Waals surface area contributed by atoms with E-state index in [1.165, 1.54) is 6.42 Å². The molecule has 0 bridgehead atoms. The van der Waals surface area contributed by atoms with Crippen LogP contribution < -0.4 is 4.74 Å². The average Bonchev–Trinajstić information content (AvgIpc) is 2.76. The molecule has 1 aromatic carbocycles. The fraction of sp³-hybridized carbons (Fsp3) is 0.533. The van der Waals surface area contributed by atoms with Gasteiger partial charge in [0.25, 0.3) is 0 Å². The molecule has 1 saturated heterocycles. The van der Waals surface area contributed by atoms with Gasteiger partial charge in [-0.1, -0.05) is 6.92 Å². The zero-order valence-corrected chi connectivity index (χ0v) is 11.2. The second-order valence-corrected chi connectivity index (χ2v) is 5.01. The van der Waals surface area contributed by atoms with Crippen molar-refractivity contribution in [3.8, 4) is 5.75 Å². The summed E-state index contributed by atoms with van der Waals surface area (Å²) in [6.07, 6.45) is 1.20. The van der Waals surface area contributed by atoms with Gasteiger partial charge < -0.3 is 4.74 Å². The van der Waals surface area contributed by atoms with E-state index >= 15 is 0 Å². The molecule has 1 aliphatic heterocycles. The maximum Gasteiger partial charge on any atom is 0.176 e. The molecule has 0 amide bonds. The lowest BCUT2D eigenvalue weighted by Crippen LogP contribution is -2.27. The van der Waals surface area contributed by atoms with E-state index in [-0.39, 0.29) is 5.78 Å². The van der Waals surface area contributed by atoms with Gasteiger partial charge in [0.2, 0.25) is 0 Å². The molecule has 0 saturated carbocycles. The standard InChI is InChI=1S/C15H21NO2/c1-3-18-14-6-4-13(5-7-14)15(17)11-16-9-8-12(2)10-16/h4-7,12H,3,8-11H2,1-2H3. The predicted molar refractivity (Wildman–Crippen MR) is 72.2 cm³/mol. The third-order valence-electron chi connectivity index (χ3n) is 3.36. The van der Waals surface area contributed by atoms with Crippen LogP contribution in [0.15, 0.2) is 24.3 Å². The molecular weight excluding hydrogens is 226 g/mol. The van der Waals surface area contributed by atoms with Crippen molar-refractivity contribution in [3.05, 3.63) is 29.8 Å². The molecule has 2 rings (SSSR count). The van der Waals surface area contributed by atoms with Crippen LogP contribution in [-0.2, 0) is 0 Å². The molecule has 1 unspecified atom stereocenters. The number of Topliss-reactive ketones (excluding diaryl/α,β-unsaturated/α-hetero) is 1. The van der Waals surface area contributed by atoms with Crippen LogP contribution in [0.4, 0.5) is 0 Å². The minimum Gasteiger partial charge on any atom is -0.494 e. The summed E-state index contributed by atoms with van der Waals surface area (Å²) in [5.74, 6) is 1.74. The van der Waals surface area contributed by atoms with Crippen LogP contribution in [0.2, 0.25) is 0 Å². The van der Waals surface area contributed by atoms with Crippen LogP contribution in [0.25, 0.3) is 0 Å². The molecule has 1 fully saturated rings. The van der Waals surface area contributed by atoms with Gasteiger partial charge in [-0.2, -0.15) is 0 Å². The van der Waals surface area contributed by atoms with Crippen LogP contribution in [0.3, 0.4) is 0 Å². The summed E-state index contributed by atoms with van der Waals surface area (Å²) in [5.41, 5.74) is 0.776. The molecule has 1 aliphatic rings. The van der Waals surface area contributed by atoms with Gasteiger partial charge in [0.15, 0.2) is 5.78 Å². The second-order valence-electron chi connectivity index (χ2n) is 5.01. The fourth-order valence-corrected chi connectivity index (χ4v) is 2.37. The Morgan fingerprint density at radius 2 is 2.11 bits per heavy atom. The maximum atomic E-state index is 12.1. The number of benzene rings is 1. The van der Waals surface area contributed by atoms with Crippen molar-refractivity contribution in [1.29, 1.82) is 0 Å². The zero-order valence-electron chi connectivity index (χ0n) is 11.2. The molecule has 3 nitrogen and oxygen atoms in total. The molecule has 1 atom stereocenters. The highest BCUT2D eigenvalue weighted by Gasteiger charge is 2.21. The van der Waals surface area contributed by atoms with E-state index in [1.807, 2.05) is 31.2 Å². The van der Waals surface area contributed by atoms with Gasteiger partial charge in [-0.05, 0) is 50.1 Å². The minimum atomic E-state index is 0.201. The van der Waals surface area contributed by atoms with Gasteiger partial charge in [0.05, 0.1) is 13.2 Å². The largest absolute Gasteiger partial charge is 0.494 e. The first-order valence-electron chi connectivity index (χ1n) is 6.67. The van der Waals surface area contributed by atoms with E-state index in [0.717, 1.165) is 30.3 Å². The number of carbonyl (C=O) groups is 1. The molecule has 1 heterocycles. The van der Waals surface area contributed by atoms with Crippen molar-refractivity contribution >= 4 is 5.78 Å². The van der Waals surface area contributed by atoms with Crippen LogP contribution in [-0.4, -0.2) is 36.9 Å². The smallest absolute Gasteiger partial charge is 0.176 e. The number of ether oxygens (including phenoxy) is 1. The van der Waals surface area contributed by atoms with E-state index < -0.39 is 0 Å². The van der Waals surface area contributed by atoms with Crippen molar-refractivity contribution in [3.63, 3.8) is 0 Å². The monoisotopic (exact) mass is 247 g/mol. The third kappa shape index (κ3) is 3.33. The van der Waals surface area contributed by atoms with E-state index in [1.54, 1.807) is 0 Å². The third-order valence-corrected chi connectivity index (χ3v) is 3.36. The molecule has 18 heavy (non-hydrogen) atoms. The van der Waals surface area contributed by atoms with Gasteiger partial charge in [0.1, 0.15) is 5.75 Å². The van der Waals surface area contributed by atoms with Crippen LogP contribution in [0.5, 0.6) is 5.75 Å². The predicted octanol–water partition coefficient (Wildman–Crippen LogP) is 2.61. The first-order valence-corrected chi connectivity index (χ1v) is 6.67. The average molecular weight is 247 g/mol. The van der Waals surface area contributed by atoms with Crippen LogP contribution in [0.1, 0.15) is 30.6 Å². The summed E-state index contributed by atoms with van der Waals surface area (Å²) >= 11 is 0. The molecule has 0 radical (unpaired) electrons. The second kappa shape index (κ2) is 6.01. The summed E-state index contributed by atoms with van der Waals surface area (Å²) in [7, 11) is 0. The molecule has 1 aromatic rings. The van der Waals surface area contributed by atoms with Gasteiger partial charge in [-0.25, -0.2) is 0 Å². The van der Waals surface area contributed by atoms with Gasteiger partial charge in [-0.3, -0.25) is 9.69 Å². The molecule has 0 N–H and O–H groups in total. The Bertz CT molecular complexity index is 399. The van der Waals surface area contributed by atoms with Crippen LogP contribution in [0, 0.1) is 5.92 Å². The van der Waals surface area contributed by atoms with E-state index in [4.69, 9.17) is 4.74 Å². The maximum absolute atomic E-state index is 12.1.